The van der Waals surface area contributed by atoms with Crippen LogP contribution in [0.4, 0.5) is 0 Å². The molecule has 0 bridgehead atoms. The molecule has 0 amide bonds. The van der Waals surface area contributed by atoms with Crippen LogP contribution in [0.1, 0.15) is 36.8 Å². The second-order valence-corrected chi connectivity index (χ2v) is 7.35. The molecule has 0 aliphatic carbocycles. The second-order valence-electron chi connectivity index (χ2n) is 7.35. The van der Waals surface area contributed by atoms with E-state index in [1.807, 2.05) is 24.9 Å². The molecule has 4 heterocycles. The Balaban J connectivity index is 1.61. The highest BCUT2D eigenvalue weighted by molar-refractivity contribution is 5.78. The Kier molecular flexibility index (Phi) is 4.00. The summed E-state index contributed by atoms with van der Waals surface area (Å²) in [6.45, 7) is 7.29. The van der Waals surface area contributed by atoms with Crippen molar-refractivity contribution in [2.45, 2.75) is 38.6 Å². The average Bonchev–Trinajstić information content (AvgIpc) is 2.90. The lowest BCUT2D eigenvalue weighted by Gasteiger charge is -2.40. The van der Waals surface area contributed by atoms with Crippen LogP contribution in [0.5, 0.6) is 0 Å². The quantitative estimate of drug-likeness (QED) is 0.736. The predicted molar refractivity (Wildman–Crippen MR) is 97.1 cm³/mol. The number of hydrogen-bond donors (Lipinski definition) is 0. The monoisotopic (exact) mass is 336 g/mol. The summed E-state index contributed by atoms with van der Waals surface area (Å²) in [5.74, 6) is 0. The van der Waals surface area contributed by atoms with Crippen molar-refractivity contribution in [3.8, 4) is 0 Å². The third-order valence-electron chi connectivity index (χ3n) is 5.27. The minimum atomic E-state index is 0.0484. The van der Waals surface area contributed by atoms with Gasteiger partial charge in [0.1, 0.15) is 0 Å². The van der Waals surface area contributed by atoms with E-state index in [0.717, 1.165) is 54.2 Å². The van der Waals surface area contributed by atoms with Crippen LogP contribution in [0.2, 0.25) is 0 Å². The molecule has 0 saturated carbocycles. The van der Waals surface area contributed by atoms with E-state index in [9.17, 15) is 0 Å². The van der Waals surface area contributed by atoms with Gasteiger partial charge in [0, 0.05) is 49.5 Å². The number of nitrogens with zero attached hydrogens (tertiary/aromatic N) is 6. The fraction of sp³-hybridized carbons (Fsp3) is 0.474. The summed E-state index contributed by atoms with van der Waals surface area (Å²) in [5.41, 5.74) is 4.24. The van der Waals surface area contributed by atoms with Gasteiger partial charge in [-0.1, -0.05) is 6.92 Å². The first kappa shape index (κ1) is 16.1. The standard InChI is InChI=1S/C19H24N6/c1-14-16-5-6-17(22-18(16)24(3)23-14)19(2)7-4-10-25(13-19)12-15-11-20-8-9-21-15/h5-6,8-9,11H,4,7,10,12-13H2,1-3H3. The number of aromatic nitrogens is 5. The van der Waals surface area contributed by atoms with Gasteiger partial charge < -0.3 is 0 Å². The zero-order valence-corrected chi connectivity index (χ0v) is 15.1. The summed E-state index contributed by atoms with van der Waals surface area (Å²) in [6, 6.07) is 4.36. The zero-order valence-electron chi connectivity index (χ0n) is 15.1. The first-order valence-corrected chi connectivity index (χ1v) is 8.83. The molecule has 6 heteroatoms. The van der Waals surface area contributed by atoms with E-state index in [0.29, 0.717) is 0 Å². The molecule has 1 aliphatic heterocycles. The predicted octanol–water partition coefficient (Wildman–Crippen LogP) is 2.62. The Hall–Kier alpha value is -2.34. The number of hydrogen-bond acceptors (Lipinski definition) is 5. The van der Waals surface area contributed by atoms with Crippen LogP contribution in [-0.2, 0) is 19.0 Å². The molecular weight excluding hydrogens is 312 g/mol. The van der Waals surface area contributed by atoms with E-state index in [1.54, 1.807) is 12.4 Å². The molecule has 130 valence electrons. The number of pyridine rings is 1. The summed E-state index contributed by atoms with van der Waals surface area (Å²) in [6.07, 6.45) is 7.66. The number of aryl methyl sites for hydroxylation is 2. The zero-order chi connectivity index (χ0) is 17.4. The van der Waals surface area contributed by atoms with E-state index >= 15 is 0 Å². The molecule has 6 nitrogen and oxygen atoms in total. The van der Waals surface area contributed by atoms with Crippen molar-refractivity contribution in [3.63, 3.8) is 0 Å². The number of fused-ring (bicyclic) bond motifs is 1. The number of rotatable bonds is 3. The van der Waals surface area contributed by atoms with Crippen LogP contribution in [0, 0.1) is 6.92 Å². The van der Waals surface area contributed by atoms with Gasteiger partial charge in [-0.05, 0) is 38.4 Å². The summed E-state index contributed by atoms with van der Waals surface area (Å²) >= 11 is 0. The Bertz CT molecular complexity index is 888. The lowest BCUT2D eigenvalue weighted by atomic mass is 9.78. The highest BCUT2D eigenvalue weighted by atomic mass is 15.3. The van der Waals surface area contributed by atoms with Crippen molar-refractivity contribution in [1.29, 1.82) is 0 Å². The molecule has 3 aromatic heterocycles. The smallest absolute Gasteiger partial charge is 0.158 e. The molecule has 4 rings (SSSR count). The Morgan fingerprint density at radius 3 is 2.92 bits per heavy atom. The van der Waals surface area contributed by atoms with Gasteiger partial charge in [0.2, 0.25) is 0 Å². The summed E-state index contributed by atoms with van der Waals surface area (Å²) < 4.78 is 1.89. The largest absolute Gasteiger partial charge is 0.297 e. The molecule has 3 aromatic rings. The highest BCUT2D eigenvalue weighted by Gasteiger charge is 2.34. The number of piperidine rings is 1. The van der Waals surface area contributed by atoms with Crippen LogP contribution < -0.4 is 0 Å². The fourth-order valence-electron chi connectivity index (χ4n) is 3.97. The van der Waals surface area contributed by atoms with Gasteiger partial charge in [-0.2, -0.15) is 5.10 Å². The molecule has 0 radical (unpaired) electrons. The lowest BCUT2D eigenvalue weighted by Crippen LogP contribution is -2.44. The molecule has 1 fully saturated rings. The molecule has 1 unspecified atom stereocenters. The molecule has 0 N–H and O–H groups in total. The first-order valence-electron chi connectivity index (χ1n) is 8.83. The molecular formula is C19H24N6. The van der Waals surface area contributed by atoms with E-state index in [-0.39, 0.29) is 5.41 Å². The van der Waals surface area contributed by atoms with Crippen LogP contribution >= 0.6 is 0 Å². The van der Waals surface area contributed by atoms with Gasteiger partial charge in [0.05, 0.1) is 17.1 Å². The van der Waals surface area contributed by atoms with Crippen molar-refractivity contribution in [3.05, 3.63) is 47.8 Å². The summed E-state index contributed by atoms with van der Waals surface area (Å²) in [4.78, 5) is 16.0. The summed E-state index contributed by atoms with van der Waals surface area (Å²) in [7, 11) is 1.97. The van der Waals surface area contributed by atoms with Crippen molar-refractivity contribution in [2.75, 3.05) is 13.1 Å². The van der Waals surface area contributed by atoms with Gasteiger partial charge in [0.15, 0.2) is 5.65 Å². The lowest BCUT2D eigenvalue weighted by molar-refractivity contribution is 0.146. The molecule has 25 heavy (non-hydrogen) atoms. The maximum absolute atomic E-state index is 4.98. The minimum absolute atomic E-state index is 0.0484. The van der Waals surface area contributed by atoms with Gasteiger partial charge in [-0.15, -0.1) is 0 Å². The van der Waals surface area contributed by atoms with E-state index in [1.165, 1.54) is 6.42 Å². The van der Waals surface area contributed by atoms with Crippen molar-refractivity contribution in [1.82, 2.24) is 29.6 Å². The topological polar surface area (TPSA) is 59.7 Å². The fourth-order valence-corrected chi connectivity index (χ4v) is 3.97. The Morgan fingerprint density at radius 2 is 2.12 bits per heavy atom. The van der Waals surface area contributed by atoms with E-state index < -0.39 is 0 Å². The van der Waals surface area contributed by atoms with Crippen LogP contribution in [0.3, 0.4) is 0 Å². The van der Waals surface area contributed by atoms with Crippen LogP contribution in [0.15, 0.2) is 30.7 Å². The Morgan fingerprint density at radius 1 is 1.24 bits per heavy atom. The molecule has 1 aliphatic rings. The number of likely N-dealkylation sites (tertiary alicyclic amines) is 1. The van der Waals surface area contributed by atoms with E-state index in [4.69, 9.17) is 4.98 Å². The SMILES string of the molecule is Cc1nn(C)c2nc(C3(C)CCCN(Cc4cnccn4)C3)ccc12. The molecule has 1 saturated heterocycles. The molecule has 0 spiro atoms. The van der Waals surface area contributed by atoms with Gasteiger partial charge in [0.25, 0.3) is 0 Å². The van der Waals surface area contributed by atoms with Gasteiger partial charge in [-0.3, -0.25) is 19.5 Å². The summed E-state index contributed by atoms with van der Waals surface area (Å²) in [5, 5.41) is 5.64. The Labute approximate surface area is 147 Å². The van der Waals surface area contributed by atoms with Crippen LogP contribution in [0.25, 0.3) is 11.0 Å². The molecule has 0 aromatic carbocycles. The second kappa shape index (κ2) is 6.19. The highest BCUT2D eigenvalue weighted by Crippen LogP contribution is 2.34. The van der Waals surface area contributed by atoms with Crippen molar-refractivity contribution < 1.29 is 0 Å². The van der Waals surface area contributed by atoms with Crippen LogP contribution in [-0.4, -0.2) is 42.7 Å². The normalized spacial score (nSPS) is 21.7. The van der Waals surface area contributed by atoms with E-state index in [2.05, 4.69) is 39.0 Å². The first-order chi connectivity index (χ1) is 12.0. The maximum atomic E-state index is 4.98. The van der Waals surface area contributed by atoms with Gasteiger partial charge >= 0.3 is 0 Å². The molecule has 1 atom stereocenters. The third-order valence-corrected chi connectivity index (χ3v) is 5.27. The third kappa shape index (κ3) is 3.02. The van der Waals surface area contributed by atoms with Gasteiger partial charge in [-0.25, -0.2) is 4.98 Å². The average molecular weight is 336 g/mol. The van der Waals surface area contributed by atoms with Crippen molar-refractivity contribution >= 4 is 11.0 Å². The maximum Gasteiger partial charge on any atom is 0.158 e. The minimum Gasteiger partial charge on any atom is -0.297 e. The van der Waals surface area contributed by atoms with Crippen molar-refractivity contribution in [2.24, 2.45) is 7.05 Å².